The van der Waals surface area contributed by atoms with Crippen LogP contribution >= 0.6 is 11.6 Å². The minimum Gasteiger partial charge on any atom is -0.493 e. The molecule has 24 heavy (non-hydrogen) atoms. The van der Waals surface area contributed by atoms with E-state index < -0.39 is 0 Å². The SMILES string of the molecule is CCn1nc2c(c1C)C(c1cc(OC)c(OC)cc1Cl)CC(=O)N2. The molecule has 0 radical (unpaired) electrons. The van der Waals surface area contributed by atoms with Crippen LogP contribution in [-0.2, 0) is 11.3 Å². The van der Waals surface area contributed by atoms with Crippen LogP contribution in [0.2, 0.25) is 5.02 Å². The lowest BCUT2D eigenvalue weighted by Crippen LogP contribution is -2.23. The van der Waals surface area contributed by atoms with E-state index in [9.17, 15) is 4.79 Å². The fourth-order valence-electron chi connectivity index (χ4n) is 3.25. The summed E-state index contributed by atoms with van der Waals surface area (Å²) < 4.78 is 12.6. The van der Waals surface area contributed by atoms with E-state index in [2.05, 4.69) is 10.4 Å². The van der Waals surface area contributed by atoms with Gasteiger partial charge in [0.2, 0.25) is 5.91 Å². The van der Waals surface area contributed by atoms with Crippen molar-refractivity contribution < 1.29 is 14.3 Å². The summed E-state index contributed by atoms with van der Waals surface area (Å²) in [5.74, 6) is 1.53. The number of hydrogen-bond donors (Lipinski definition) is 1. The number of fused-ring (bicyclic) bond motifs is 1. The van der Waals surface area contributed by atoms with Crippen LogP contribution in [0, 0.1) is 6.92 Å². The number of benzene rings is 1. The van der Waals surface area contributed by atoms with Gasteiger partial charge in [-0.05, 0) is 25.5 Å². The molecule has 1 aliphatic heterocycles. The molecule has 0 spiro atoms. The zero-order chi connectivity index (χ0) is 17.4. The number of aryl methyl sites for hydroxylation is 1. The normalized spacial score (nSPS) is 16.5. The molecule has 0 aliphatic carbocycles. The smallest absolute Gasteiger partial charge is 0.226 e. The Labute approximate surface area is 145 Å². The lowest BCUT2D eigenvalue weighted by molar-refractivity contribution is -0.116. The van der Waals surface area contributed by atoms with E-state index in [1.54, 1.807) is 20.3 Å². The maximum atomic E-state index is 12.1. The van der Waals surface area contributed by atoms with Crippen molar-refractivity contribution >= 4 is 23.3 Å². The Morgan fingerprint density at radius 2 is 2.00 bits per heavy atom. The van der Waals surface area contributed by atoms with Crippen LogP contribution in [0.5, 0.6) is 11.5 Å². The highest BCUT2D eigenvalue weighted by Crippen LogP contribution is 2.44. The van der Waals surface area contributed by atoms with Crippen molar-refractivity contribution in [2.45, 2.75) is 32.7 Å². The van der Waals surface area contributed by atoms with Crippen molar-refractivity contribution in [2.24, 2.45) is 0 Å². The van der Waals surface area contributed by atoms with E-state index in [-0.39, 0.29) is 11.8 Å². The first-order valence-corrected chi connectivity index (χ1v) is 8.16. The van der Waals surface area contributed by atoms with Gasteiger partial charge in [0, 0.05) is 41.2 Å². The topological polar surface area (TPSA) is 65.4 Å². The third-order valence-corrected chi connectivity index (χ3v) is 4.75. The Balaban J connectivity index is 2.17. The van der Waals surface area contributed by atoms with Crippen LogP contribution in [0.1, 0.15) is 36.1 Å². The summed E-state index contributed by atoms with van der Waals surface area (Å²) in [6.45, 7) is 4.77. The van der Waals surface area contributed by atoms with E-state index >= 15 is 0 Å². The molecular formula is C17H20ClN3O3. The number of rotatable bonds is 4. The molecular weight excluding hydrogens is 330 g/mol. The van der Waals surface area contributed by atoms with Crippen molar-refractivity contribution in [3.63, 3.8) is 0 Å². The molecule has 1 aromatic carbocycles. The second-order valence-electron chi connectivity index (χ2n) is 5.70. The van der Waals surface area contributed by atoms with Crippen molar-refractivity contribution in [1.29, 1.82) is 0 Å². The summed E-state index contributed by atoms with van der Waals surface area (Å²) in [4.78, 5) is 12.1. The zero-order valence-corrected chi connectivity index (χ0v) is 14.9. The average Bonchev–Trinajstić information content (AvgIpc) is 2.89. The Kier molecular flexibility index (Phi) is 4.41. The van der Waals surface area contributed by atoms with E-state index in [0.29, 0.717) is 28.8 Å². The number of halogens is 1. The van der Waals surface area contributed by atoms with E-state index in [0.717, 1.165) is 23.4 Å². The fourth-order valence-corrected chi connectivity index (χ4v) is 3.54. The highest BCUT2D eigenvalue weighted by molar-refractivity contribution is 6.31. The number of anilines is 1. The molecule has 3 rings (SSSR count). The minimum atomic E-state index is -0.165. The lowest BCUT2D eigenvalue weighted by atomic mass is 9.85. The number of nitrogens with one attached hydrogen (secondary N) is 1. The highest BCUT2D eigenvalue weighted by Gasteiger charge is 2.33. The number of aromatic nitrogens is 2. The molecule has 1 N–H and O–H groups in total. The molecule has 6 nitrogen and oxygen atoms in total. The number of ether oxygens (including phenoxy) is 2. The van der Waals surface area contributed by atoms with E-state index in [4.69, 9.17) is 21.1 Å². The molecule has 2 aromatic rings. The zero-order valence-electron chi connectivity index (χ0n) is 14.1. The van der Waals surface area contributed by atoms with Gasteiger partial charge in [-0.1, -0.05) is 11.6 Å². The first-order valence-electron chi connectivity index (χ1n) is 7.78. The van der Waals surface area contributed by atoms with Crippen LogP contribution in [0.3, 0.4) is 0 Å². The maximum Gasteiger partial charge on any atom is 0.226 e. The molecule has 0 bridgehead atoms. The molecule has 128 valence electrons. The van der Waals surface area contributed by atoms with Crippen LogP contribution < -0.4 is 14.8 Å². The Bertz CT molecular complexity index is 801. The van der Waals surface area contributed by atoms with Gasteiger partial charge >= 0.3 is 0 Å². The third kappa shape index (κ3) is 2.60. The molecule has 1 aromatic heterocycles. The number of carbonyl (C=O) groups is 1. The van der Waals surface area contributed by atoms with Gasteiger partial charge in [-0.2, -0.15) is 5.10 Å². The molecule has 0 saturated heterocycles. The van der Waals surface area contributed by atoms with Crippen molar-refractivity contribution in [2.75, 3.05) is 19.5 Å². The monoisotopic (exact) mass is 349 g/mol. The van der Waals surface area contributed by atoms with Gasteiger partial charge in [0.25, 0.3) is 0 Å². The van der Waals surface area contributed by atoms with Gasteiger partial charge in [0.1, 0.15) is 0 Å². The number of methoxy groups -OCH3 is 2. The van der Waals surface area contributed by atoms with Crippen LogP contribution in [0.15, 0.2) is 12.1 Å². The molecule has 0 fully saturated rings. The molecule has 1 unspecified atom stereocenters. The molecule has 7 heteroatoms. The molecule has 1 amide bonds. The number of nitrogens with zero attached hydrogens (tertiary/aromatic N) is 2. The minimum absolute atomic E-state index is 0.0703. The maximum absolute atomic E-state index is 12.1. The van der Waals surface area contributed by atoms with Crippen LogP contribution in [0.25, 0.3) is 0 Å². The summed E-state index contributed by atoms with van der Waals surface area (Å²) in [6, 6.07) is 3.57. The number of hydrogen-bond acceptors (Lipinski definition) is 4. The quantitative estimate of drug-likeness (QED) is 0.919. The van der Waals surface area contributed by atoms with Crippen LogP contribution in [0.4, 0.5) is 5.82 Å². The standard InChI is InChI=1S/C17H20ClN3O3/c1-5-21-9(2)16-11(7-15(22)19-17(16)20-21)10-6-13(23-3)14(24-4)8-12(10)18/h6,8,11H,5,7H2,1-4H3,(H,19,20,22). The van der Waals surface area contributed by atoms with Crippen molar-refractivity contribution in [3.8, 4) is 11.5 Å². The molecule has 2 heterocycles. The van der Waals surface area contributed by atoms with Gasteiger partial charge in [-0.3, -0.25) is 9.48 Å². The van der Waals surface area contributed by atoms with Gasteiger partial charge in [0.05, 0.1) is 14.2 Å². The third-order valence-electron chi connectivity index (χ3n) is 4.43. The Hall–Kier alpha value is -2.21. The van der Waals surface area contributed by atoms with Gasteiger partial charge in [0.15, 0.2) is 17.3 Å². The highest BCUT2D eigenvalue weighted by atomic mass is 35.5. The van der Waals surface area contributed by atoms with Gasteiger partial charge in [-0.15, -0.1) is 0 Å². The summed E-state index contributed by atoms with van der Waals surface area (Å²) in [5.41, 5.74) is 2.87. The molecule has 1 aliphatic rings. The van der Waals surface area contributed by atoms with Crippen LogP contribution in [-0.4, -0.2) is 29.9 Å². The second-order valence-corrected chi connectivity index (χ2v) is 6.10. The Morgan fingerprint density at radius 3 is 2.62 bits per heavy atom. The van der Waals surface area contributed by atoms with E-state index in [1.807, 2.05) is 24.6 Å². The Morgan fingerprint density at radius 1 is 1.33 bits per heavy atom. The second kappa shape index (κ2) is 6.36. The largest absolute Gasteiger partial charge is 0.493 e. The fraction of sp³-hybridized carbons (Fsp3) is 0.412. The predicted octanol–water partition coefficient (Wildman–Crippen LogP) is 3.36. The first kappa shape index (κ1) is 16.6. The summed E-state index contributed by atoms with van der Waals surface area (Å²) in [7, 11) is 3.14. The summed E-state index contributed by atoms with van der Waals surface area (Å²) in [5, 5.41) is 7.89. The average molecular weight is 350 g/mol. The van der Waals surface area contributed by atoms with Crippen molar-refractivity contribution in [1.82, 2.24) is 9.78 Å². The number of carbonyl (C=O) groups excluding carboxylic acids is 1. The molecule has 0 saturated carbocycles. The predicted molar refractivity (Wildman–Crippen MR) is 92.3 cm³/mol. The van der Waals surface area contributed by atoms with Gasteiger partial charge < -0.3 is 14.8 Å². The van der Waals surface area contributed by atoms with E-state index in [1.165, 1.54) is 0 Å². The van der Waals surface area contributed by atoms with Crippen molar-refractivity contribution in [3.05, 3.63) is 34.0 Å². The lowest BCUT2D eigenvalue weighted by Gasteiger charge is -2.24. The first-order chi connectivity index (χ1) is 11.5. The van der Waals surface area contributed by atoms with Gasteiger partial charge in [-0.25, -0.2) is 0 Å². The number of amides is 1. The summed E-state index contributed by atoms with van der Waals surface area (Å²) in [6.07, 6.45) is 0.318. The summed E-state index contributed by atoms with van der Waals surface area (Å²) >= 11 is 6.48. The molecule has 1 atom stereocenters.